The molecule has 0 aromatic heterocycles. The van der Waals surface area contributed by atoms with Crippen LogP contribution in [0.25, 0.3) is 0 Å². The summed E-state index contributed by atoms with van der Waals surface area (Å²) in [6.45, 7) is 6.24. The van der Waals surface area contributed by atoms with Crippen LogP contribution in [0, 0.1) is 6.92 Å². The molecule has 2 aromatic carbocycles. The number of carbonyl (C=O) groups is 1. The lowest BCUT2D eigenvalue weighted by molar-refractivity contribution is 0.0939. The predicted octanol–water partition coefficient (Wildman–Crippen LogP) is 2.42. The Bertz CT molecular complexity index is 951. The van der Waals surface area contributed by atoms with Crippen LogP contribution in [0.5, 0.6) is 0 Å². The Labute approximate surface area is 167 Å². The third-order valence-electron chi connectivity index (χ3n) is 5.20. The van der Waals surface area contributed by atoms with Crippen molar-refractivity contribution < 1.29 is 13.2 Å². The number of nitrogens with one attached hydrogen (secondary N) is 1. The molecular weight excluding hydrogens is 374 g/mol. The first-order valence-electron chi connectivity index (χ1n) is 9.44. The largest absolute Gasteiger partial charge is 0.346 e. The number of piperazine rings is 1. The molecule has 1 unspecified atom stereocenters. The molecule has 1 aliphatic rings. The van der Waals surface area contributed by atoms with E-state index in [0.29, 0.717) is 31.7 Å². The zero-order chi connectivity index (χ0) is 20.3. The second-order valence-corrected chi connectivity index (χ2v) is 9.22. The standard InChI is InChI=1S/C21H27N3O3S/c1-16-7-4-5-10-20(16)17(2)22-21(25)18-8-6-9-19(15-18)28(26,27)24-13-11-23(3)12-14-24/h4-10,15,17H,11-14H2,1-3H3,(H,22,25). The predicted molar refractivity (Wildman–Crippen MR) is 110 cm³/mol. The van der Waals surface area contributed by atoms with E-state index in [9.17, 15) is 13.2 Å². The molecule has 0 spiro atoms. The molecule has 28 heavy (non-hydrogen) atoms. The van der Waals surface area contributed by atoms with Gasteiger partial charge < -0.3 is 10.2 Å². The van der Waals surface area contributed by atoms with Crippen molar-refractivity contribution in [2.45, 2.75) is 24.8 Å². The summed E-state index contributed by atoms with van der Waals surface area (Å²) in [6.07, 6.45) is 0. The molecule has 0 radical (unpaired) electrons. The average Bonchev–Trinajstić information content (AvgIpc) is 2.68. The van der Waals surface area contributed by atoms with Crippen molar-refractivity contribution in [2.75, 3.05) is 33.2 Å². The third kappa shape index (κ3) is 4.43. The van der Waals surface area contributed by atoms with Crippen molar-refractivity contribution in [1.29, 1.82) is 0 Å². The fourth-order valence-electron chi connectivity index (χ4n) is 3.41. The van der Waals surface area contributed by atoms with E-state index in [1.165, 1.54) is 10.4 Å². The number of rotatable bonds is 5. The van der Waals surface area contributed by atoms with Crippen molar-refractivity contribution >= 4 is 15.9 Å². The molecule has 1 fully saturated rings. The van der Waals surface area contributed by atoms with E-state index in [4.69, 9.17) is 0 Å². The molecule has 6 nitrogen and oxygen atoms in total. The van der Waals surface area contributed by atoms with E-state index in [-0.39, 0.29) is 16.8 Å². The average molecular weight is 402 g/mol. The van der Waals surface area contributed by atoms with Crippen LogP contribution in [-0.2, 0) is 10.0 Å². The Morgan fingerprint density at radius 3 is 2.39 bits per heavy atom. The van der Waals surface area contributed by atoms with Crippen LogP contribution >= 0.6 is 0 Å². The smallest absolute Gasteiger partial charge is 0.251 e. The molecular formula is C21H27N3O3S. The first-order chi connectivity index (χ1) is 13.3. The molecule has 1 aliphatic heterocycles. The van der Waals surface area contributed by atoms with Crippen molar-refractivity contribution in [3.63, 3.8) is 0 Å². The van der Waals surface area contributed by atoms with Crippen LogP contribution in [0.2, 0.25) is 0 Å². The summed E-state index contributed by atoms with van der Waals surface area (Å²) in [7, 11) is -1.63. The van der Waals surface area contributed by atoms with Crippen molar-refractivity contribution in [3.05, 3.63) is 65.2 Å². The summed E-state index contributed by atoms with van der Waals surface area (Å²) in [5.74, 6) is -0.286. The lowest BCUT2D eigenvalue weighted by Crippen LogP contribution is -2.47. The highest BCUT2D eigenvalue weighted by molar-refractivity contribution is 7.89. The minimum absolute atomic E-state index is 0.160. The number of carbonyl (C=O) groups excluding carboxylic acids is 1. The molecule has 1 saturated heterocycles. The van der Waals surface area contributed by atoms with E-state index < -0.39 is 10.0 Å². The molecule has 150 valence electrons. The maximum absolute atomic E-state index is 12.9. The minimum Gasteiger partial charge on any atom is -0.346 e. The van der Waals surface area contributed by atoms with Gasteiger partial charge in [-0.15, -0.1) is 0 Å². The van der Waals surface area contributed by atoms with Gasteiger partial charge in [-0.25, -0.2) is 8.42 Å². The Kier molecular flexibility index (Phi) is 6.17. The number of amides is 1. The Morgan fingerprint density at radius 1 is 1.04 bits per heavy atom. The van der Waals surface area contributed by atoms with Crippen molar-refractivity contribution in [1.82, 2.24) is 14.5 Å². The molecule has 1 heterocycles. The van der Waals surface area contributed by atoms with Gasteiger partial charge in [-0.05, 0) is 50.2 Å². The van der Waals surface area contributed by atoms with Crippen LogP contribution in [0.4, 0.5) is 0 Å². The van der Waals surface area contributed by atoms with Crippen molar-refractivity contribution in [3.8, 4) is 0 Å². The molecule has 1 atom stereocenters. The number of hydrogen-bond donors (Lipinski definition) is 1. The highest BCUT2D eigenvalue weighted by Gasteiger charge is 2.28. The molecule has 0 saturated carbocycles. The van der Waals surface area contributed by atoms with Gasteiger partial charge in [0.1, 0.15) is 0 Å². The highest BCUT2D eigenvalue weighted by Crippen LogP contribution is 2.20. The van der Waals surface area contributed by atoms with Crippen molar-refractivity contribution in [2.24, 2.45) is 0 Å². The van der Waals surface area contributed by atoms with Crippen LogP contribution in [-0.4, -0.2) is 56.8 Å². The molecule has 3 rings (SSSR count). The number of likely N-dealkylation sites (N-methyl/N-ethyl adjacent to an activating group) is 1. The molecule has 0 bridgehead atoms. The molecule has 0 aliphatic carbocycles. The summed E-state index contributed by atoms with van der Waals surface area (Å²) in [6, 6.07) is 14.0. The Balaban J connectivity index is 1.77. The topological polar surface area (TPSA) is 69.7 Å². The van der Waals surface area contributed by atoms with Gasteiger partial charge in [-0.3, -0.25) is 4.79 Å². The number of nitrogens with zero attached hydrogens (tertiary/aromatic N) is 2. The Morgan fingerprint density at radius 2 is 1.71 bits per heavy atom. The molecule has 1 N–H and O–H groups in total. The maximum Gasteiger partial charge on any atom is 0.251 e. The number of hydrogen-bond acceptors (Lipinski definition) is 4. The van der Waals surface area contributed by atoms with Gasteiger partial charge in [0.15, 0.2) is 0 Å². The summed E-state index contributed by atoms with van der Waals surface area (Å²) < 4.78 is 27.4. The molecule has 7 heteroatoms. The lowest BCUT2D eigenvalue weighted by Gasteiger charge is -2.31. The monoisotopic (exact) mass is 401 g/mol. The van der Waals surface area contributed by atoms with E-state index in [2.05, 4.69) is 10.2 Å². The van der Waals surface area contributed by atoms with E-state index in [0.717, 1.165) is 11.1 Å². The van der Waals surface area contributed by atoms with Gasteiger partial charge in [-0.1, -0.05) is 30.3 Å². The quantitative estimate of drug-likeness (QED) is 0.835. The number of aryl methyl sites for hydroxylation is 1. The van der Waals surface area contributed by atoms with Gasteiger partial charge in [0.25, 0.3) is 5.91 Å². The number of sulfonamides is 1. The fraction of sp³-hybridized carbons (Fsp3) is 0.381. The molecule has 2 aromatic rings. The van der Waals surface area contributed by atoms with E-state index in [1.54, 1.807) is 18.2 Å². The van der Waals surface area contributed by atoms with Gasteiger partial charge in [-0.2, -0.15) is 4.31 Å². The van der Waals surface area contributed by atoms with Gasteiger partial charge in [0.2, 0.25) is 10.0 Å². The third-order valence-corrected chi connectivity index (χ3v) is 7.09. The summed E-state index contributed by atoms with van der Waals surface area (Å²) in [5, 5.41) is 2.96. The summed E-state index contributed by atoms with van der Waals surface area (Å²) in [5.41, 5.74) is 2.48. The van der Waals surface area contributed by atoms with Crippen LogP contribution < -0.4 is 5.32 Å². The van der Waals surface area contributed by atoms with Crippen LogP contribution in [0.15, 0.2) is 53.4 Å². The van der Waals surface area contributed by atoms with E-state index in [1.807, 2.05) is 45.2 Å². The normalized spacial score (nSPS) is 17.2. The summed E-state index contributed by atoms with van der Waals surface area (Å²) in [4.78, 5) is 15.0. The van der Waals surface area contributed by atoms with Crippen LogP contribution in [0.1, 0.15) is 34.5 Å². The number of benzene rings is 2. The fourth-order valence-corrected chi connectivity index (χ4v) is 4.87. The van der Waals surface area contributed by atoms with Gasteiger partial charge >= 0.3 is 0 Å². The zero-order valence-corrected chi connectivity index (χ0v) is 17.4. The van der Waals surface area contributed by atoms with Crippen LogP contribution in [0.3, 0.4) is 0 Å². The summed E-state index contributed by atoms with van der Waals surface area (Å²) >= 11 is 0. The lowest BCUT2D eigenvalue weighted by atomic mass is 10.0. The minimum atomic E-state index is -3.60. The second-order valence-electron chi connectivity index (χ2n) is 7.29. The molecule has 1 amide bonds. The Hall–Kier alpha value is -2.22. The van der Waals surface area contributed by atoms with Gasteiger partial charge in [0.05, 0.1) is 10.9 Å². The van der Waals surface area contributed by atoms with Gasteiger partial charge in [0, 0.05) is 31.7 Å². The van der Waals surface area contributed by atoms with E-state index >= 15 is 0 Å². The second kappa shape index (κ2) is 8.43. The maximum atomic E-state index is 12.9. The SMILES string of the molecule is Cc1ccccc1C(C)NC(=O)c1cccc(S(=O)(=O)N2CCN(C)CC2)c1. The highest BCUT2D eigenvalue weighted by atomic mass is 32.2. The first kappa shape index (κ1) is 20.5. The zero-order valence-electron chi connectivity index (χ0n) is 16.6. The first-order valence-corrected chi connectivity index (χ1v) is 10.9.